The highest BCUT2D eigenvalue weighted by Gasteiger charge is 2.22. The number of nitrogens with zero attached hydrogens (tertiary/aromatic N) is 3. The highest BCUT2D eigenvalue weighted by Crippen LogP contribution is 2.23. The van der Waals surface area contributed by atoms with E-state index in [9.17, 15) is 4.79 Å². The molecular weight excluding hydrogens is 344 g/mol. The maximum atomic E-state index is 11.9. The molecule has 0 radical (unpaired) electrons. The first kappa shape index (κ1) is 15.3. The van der Waals surface area contributed by atoms with Crippen LogP contribution in [0.25, 0.3) is 15.8 Å². The molecule has 1 amide bonds. The molecule has 26 heavy (non-hydrogen) atoms. The number of amides is 1. The molecular formula is C20H16N4OS. The number of hydrogen-bond acceptors (Lipinski definition) is 4. The third-order valence-electron chi connectivity index (χ3n) is 4.71. The topological polar surface area (TPSA) is 59.8 Å². The zero-order chi connectivity index (χ0) is 17.5. The fourth-order valence-corrected chi connectivity index (χ4v) is 4.22. The number of pyridine rings is 1. The quantitative estimate of drug-likeness (QED) is 0.609. The molecule has 1 N–H and O–H groups in total. The Morgan fingerprint density at radius 1 is 1.19 bits per heavy atom. The van der Waals surface area contributed by atoms with Crippen LogP contribution >= 0.6 is 11.3 Å². The minimum atomic E-state index is -0.0455. The van der Waals surface area contributed by atoms with E-state index in [0.29, 0.717) is 12.1 Å². The Morgan fingerprint density at radius 3 is 3.12 bits per heavy atom. The van der Waals surface area contributed by atoms with Crippen LogP contribution in [0.15, 0.2) is 54.2 Å². The van der Waals surface area contributed by atoms with Crippen molar-refractivity contribution in [2.24, 2.45) is 0 Å². The van der Waals surface area contributed by atoms with Crippen LogP contribution in [-0.2, 0) is 12.8 Å². The van der Waals surface area contributed by atoms with Crippen molar-refractivity contribution in [1.82, 2.24) is 20.1 Å². The fourth-order valence-electron chi connectivity index (χ4n) is 3.45. The number of rotatable bonds is 3. The van der Waals surface area contributed by atoms with Gasteiger partial charge in [-0.2, -0.15) is 5.10 Å². The van der Waals surface area contributed by atoms with E-state index in [1.54, 1.807) is 17.5 Å². The zero-order valence-electron chi connectivity index (χ0n) is 14.0. The van der Waals surface area contributed by atoms with E-state index >= 15 is 0 Å². The van der Waals surface area contributed by atoms with Gasteiger partial charge in [-0.1, -0.05) is 6.07 Å². The summed E-state index contributed by atoms with van der Waals surface area (Å²) >= 11 is 1.76. The molecule has 0 saturated carbocycles. The van der Waals surface area contributed by atoms with Crippen molar-refractivity contribution in [1.29, 1.82) is 0 Å². The highest BCUT2D eigenvalue weighted by atomic mass is 32.1. The average molecular weight is 360 g/mol. The molecule has 4 aromatic rings. The summed E-state index contributed by atoms with van der Waals surface area (Å²) in [5, 5.41) is 10.7. The van der Waals surface area contributed by atoms with E-state index in [4.69, 9.17) is 0 Å². The Kier molecular flexibility index (Phi) is 3.57. The van der Waals surface area contributed by atoms with Gasteiger partial charge in [-0.25, -0.2) is 4.68 Å². The molecule has 0 saturated heterocycles. The number of fused-ring (bicyclic) bond motifs is 2. The van der Waals surface area contributed by atoms with E-state index in [-0.39, 0.29) is 5.91 Å². The number of hydrogen-bond donors (Lipinski definition) is 1. The molecule has 0 unspecified atom stereocenters. The molecule has 6 heteroatoms. The molecule has 1 aromatic carbocycles. The maximum Gasteiger partial charge on any atom is 0.254 e. The number of carbonyl (C=O) groups excluding carboxylic acids is 1. The molecule has 1 aliphatic rings. The molecule has 0 fully saturated rings. The van der Waals surface area contributed by atoms with Gasteiger partial charge in [0.25, 0.3) is 5.91 Å². The van der Waals surface area contributed by atoms with Crippen LogP contribution in [0.3, 0.4) is 0 Å². The lowest BCUT2D eigenvalue weighted by molar-refractivity contribution is 0.0945. The van der Waals surface area contributed by atoms with Gasteiger partial charge in [0.1, 0.15) is 0 Å². The highest BCUT2D eigenvalue weighted by molar-refractivity contribution is 7.17. The summed E-state index contributed by atoms with van der Waals surface area (Å²) in [4.78, 5) is 16.5. The smallest absolute Gasteiger partial charge is 0.254 e. The van der Waals surface area contributed by atoms with Crippen LogP contribution < -0.4 is 5.32 Å². The largest absolute Gasteiger partial charge is 0.352 e. The molecule has 0 spiro atoms. The van der Waals surface area contributed by atoms with Gasteiger partial charge in [0.05, 0.1) is 23.1 Å². The number of carbonyl (C=O) groups is 1. The first-order valence-corrected chi connectivity index (χ1v) is 9.42. The lowest BCUT2D eigenvalue weighted by atomic mass is 10.1. The third kappa shape index (κ3) is 2.59. The summed E-state index contributed by atoms with van der Waals surface area (Å²) < 4.78 is 3.17. The van der Waals surface area contributed by atoms with Crippen LogP contribution in [0.4, 0.5) is 0 Å². The van der Waals surface area contributed by atoms with Gasteiger partial charge < -0.3 is 5.32 Å². The van der Waals surface area contributed by atoms with Crippen LogP contribution in [0.2, 0.25) is 0 Å². The molecule has 5 rings (SSSR count). The van der Waals surface area contributed by atoms with Crippen LogP contribution in [-0.4, -0.2) is 27.2 Å². The lowest BCUT2D eigenvalue weighted by Gasteiger charge is -2.15. The Hall–Kier alpha value is -2.99. The third-order valence-corrected chi connectivity index (χ3v) is 5.61. The van der Waals surface area contributed by atoms with Crippen LogP contribution in [0.1, 0.15) is 27.3 Å². The predicted octanol–water partition coefficient (Wildman–Crippen LogP) is 3.36. The second-order valence-electron chi connectivity index (χ2n) is 6.40. The van der Waals surface area contributed by atoms with Crippen molar-refractivity contribution >= 4 is 27.3 Å². The monoisotopic (exact) mass is 360 g/mol. The molecule has 3 aromatic heterocycles. The first-order valence-electron chi connectivity index (χ1n) is 8.54. The molecule has 5 nitrogen and oxygen atoms in total. The Labute approximate surface area is 154 Å². The van der Waals surface area contributed by atoms with Crippen LogP contribution in [0, 0.1) is 0 Å². The number of aromatic nitrogens is 3. The van der Waals surface area contributed by atoms with Gasteiger partial charge in [-0.3, -0.25) is 9.78 Å². The van der Waals surface area contributed by atoms with Gasteiger partial charge in [0.15, 0.2) is 0 Å². The SMILES string of the molecule is O=C1NCCc2c1cnn2-c1ccnc(Cc2ccc3sccc3c2)c1. The lowest BCUT2D eigenvalue weighted by Crippen LogP contribution is -2.32. The zero-order valence-corrected chi connectivity index (χ0v) is 14.8. The number of benzene rings is 1. The Bertz CT molecular complexity index is 1130. The van der Waals surface area contributed by atoms with E-state index < -0.39 is 0 Å². The predicted molar refractivity (Wildman–Crippen MR) is 102 cm³/mol. The van der Waals surface area contributed by atoms with Crippen molar-refractivity contribution in [3.63, 3.8) is 0 Å². The maximum absolute atomic E-state index is 11.9. The fraction of sp³-hybridized carbons (Fsp3) is 0.150. The molecule has 0 aliphatic carbocycles. The normalized spacial score (nSPS) is 13.6. The first-order chi connectivity index (χ1) is 12.8. The molecule has 4 heterocycles. The van der Waals surface area contributed by atoms with Gasteiger partial charge in [0, 0.05) is 36.0 Å². The van der Waals surface area contributed by atoms with Gasteiger partial charge in [-0.15, -0.1) is 11.3 Å². The summed E-state index contributed by atoms with van der Waals surface area (Å²) in [5.74, 6) is -0.0455. The van der Waals surface area contributed by atoms with E-state index in [2.05, 4.69) is 51.1 Å². The summed E-state index contributed by atoms with van der Waals surface area (Å²) in [5.41, 5.74) is 4.80. The molecule has 1 aliphatic heterocycles. The van der Waals surface area contributed by atoms with Crippen molar-refractivity contribution in [3.8, 4) is 5.69 Å². The van der Waals surface area contributed by atoms with Gasteiger partial charge >= 0.3 is 0 Å². The molecule has 0 bridgehead atoms. The van der Waals surface area contributed by atoms with E-state index in [1.807, 2.05) is 16.9 Å². The van der Waals surface area contributed by atoms with Crippen molar-refractivity contribution in [2.75, 3.05) is 6.54 Å². The Morgan fingerprint density at radius 2 is 2.15 bits per heavy atom. The number of nitrogens with one attached hydrogen (secondary N) is 1. The van der Waals surface area contributed by atoms with Gasteiger partial charge in [-0.05, 0) is 46.7 Å². The molecule has 0 atom stereocenters. The Balaban J connectivity index is 1.48. The van der Waals surface area contributed by atoms with Crippen molar-refractivity contribution < 1.29 is 4.79 Å². The number of thiophene rings is 1. The van der Waals surface area contributed by atoms with Crippen molar-refractivity contribution in [2.45, 2.75) is 12.8 Å². The molecule has 128 valence electrons. The summed E-state index contributed by atoms with van der Waals surface area (Å²) in [6, 6.07) is 12.7. The van der Waals surface area contributed by atoms with E-state index in [1.165, 1.54) is 15.6 Å². The summed E-state index contributed by atoms with van der Waals surface area (Å²) in [6.07, 6.45) is 5.01. The van der Waals surface area contributed by atoms with Crippen molar-refractivity contribution in [3.05, 3.63) is 76.7 Å². The van der Waals surface area contributed by atoms with Crippen LogP contribution in [0.5, 0.6) is 0 Å². The van der Waals surface area contributed by atoms with E-state index in [0.717, 1.165) is 29.9 Å². The minimum Gasteiger partial charge on any atom is -0.352 e. The second kappa shape index (κ2) is 6.07. The standard InChI is InChI=1S/C20H16N4OS/c25-20-17-12-23-24(18(17)4-7-22-20)16-3-6-21-15(11-16)10-13-1-2-19-14(9-13)5-8-26-19/h1-3,5-6,8-9,11-12H,4,7,10H2,(H,22,25). The van der Waals surface area contributed by atoms with Gasteiger partial charge in [0.2, 0.25) is 0 Å². The summed E-state index contributed by atoms with van der Waals surface area (Å²) in [6.45, 7) is 0.649. The average Bonchev–Trinajstić information content (AvgIpc) is 3.29. The minimum absolute atomic E-state index is 0.0455. The summed E-state index contributed by atoms with van der Waals surface area (Å²) in [7, 11) is 0. The second-order valence-corrected chi connectivity index (χ2v) is 7.35.